The molecule has 1 fully saturated rings. The number of alkyl halides is 3. The molecule has 0 amide bonds. The van der Waals surface area contributed by atoms with Gasteiger partial charge in [-0.15, -0.1) is 0 Å². The van der Waals surface area contributed by atoms with Crippen LogP contribution in [0.4, 0.5) is 13.2 Å². The molecular weight excluding hydrogens is 365 g/mol. The molecule has 0 unspecified atom stereocenters. The van der Waals surface area contributed by atoms with Crippen molar-refractivity contribution in [1.82, 2.24) is 0 Å². The number of hydrogen-bond acceptors (Lipinski definition) is 3. The molecule has 0 bridgehead atoms. The summed E-state index contributed by atoms with van der Waals surface area (Å²) in [5, 5.41) is 0. The van der Waals surface area contributed by atoms with E-state index in [2.05, 4.69) is 15.9 Å². The molecule has 1 aliphatic carbocycles. The molecule has 1 aromatic rings. The number of ether oxygens (including phenoxy) is 2. The van der Waals surface area contributed by atoms with Crippen molar-refractivity contribution in [3.05, 3.63) is 28.2 Å². The molecule has 0 atom stereocenters. The Hall–Kier alpha value is -1.24. The van der Waals surface area contributed by atoms with Crippen LogP contribution in [0.5, 0.6) is 5.75 Å². The van der Waals surface area contributed by atoms with Gasteiger partial charge in [0.25, 0.3) is 0 Å². The number of carbonyl (C=O) groups excluding carboxylic acids is 1. The number of benzene rings is 1. The molecular formula is C15H16BrF3O3. The monoisotopic (exact) mass is 380 g/mol. The molecule has 1 aliphatic rings. The zero-order chi connectivity index (χ0) is 16.8. The minimum Gasteiger partial charge on any atom is -0.474 e. The van der Waals surface area contributed by atoms with Gasteiger partial charge in [-0.25, -0.2) is 4.79 Å². The first-order valence-corrected chi connectivity index (χ1v) is 7.51. The first-order valence-electron chi connectivity index (χ1n) is 6.72. The van der Waals surface area contributed by atoms with E-state index in [1.165, 1.54) is 6.07 Å². The number of carbonyl (C=O) groups is 1. The van der Waals surface area contributed by atoms with Gasteiger partial charge in [0.15, 0.2) is 0 Å². The Morgan fingerprint density at radius 1 is 1.23 bits per heavy atom. The largest absolute Gasteiger partial charge is 0.474 e. The first-order chi connectivity index (χ1) is 9.93. The highest BCUT2D eigenvalue weighted by Gasteiger charge is 2.55. The summed E-state index contributed by atoms with van der Waals surface area (Å²) in [4.78, 5) is 12.2. The number of halogens is 4. The lowest BCUT2D eigenvalue weighted by atomic mass is 10.2. The smallest absolute Gasteiger partial charge is 0.416 e. The Bertz CT molecular complexity index is 587. The van der Waals surface area contributed by atoms with Crippen molar-refractivity contribution in [2.24, 2.45) is 0 Å². The second kappa shape index (κ2) is 5.44. The van der Waals surface area contributed by atoms with Gasteiger partial charge in [0, 0.05) is 12.8 Å². The summed E-state index contributed by atoms with van der Waals surface area (Å²) in [6.07, 6.45) is -3.63. The van der Waals surface area contributed by atoms with Crippen LogP contribution < -0.4 is 4.74 Å². The first kappa shape index (κ1) is 17.1. The van der Waals surface area contributed by atoms with Crippen molar-refractivity contribution >= 4 is 21.9 Å². The highest BCUT2D eigenvalue weighted by molar-refractivity contribution is 9.10. The Labute approximate surface area is 134 Å². The second-order valence-corrected chi connectivity index (χ2v) is 7.10. The van der Waals surface area contributed by atoms with E-state index in [4.69, 9.17) is 9.47 Å². The highest BCUT2D eigenvalue weighted by atomic mass is 79.9. The van der Waals surface area contributed by atoms with Crippen LogP contribution in [0.25, 0.3) is 0 Å². The van der Waals surface area contributed by atoms with Gasteiger partial charge >= 0.3 is 12.1 Å². The zero-order valence-corrected chi connectivity index (χ0v) is 14.0. The maximum atomic E-state index is 12.8. The third-order valence-corrected chi connectivity index (χ3v) is 3.69. The Balaban J connectivity index is 2.22. The maximum absolute atomic E-state index is 12.8. The van der Waals surface area contributed by atoms with E-state index in [1.807, 2.05) is 0 Å². The van der Waals surface area contributed by atoms with E-state index in [-0.39, 0.29) is 5.75 Å². The molecule has 2 rings (SSSR count). The minimum atomic E-state index is -4.47. The van der Waals surface area contributed by atoms with E-state index < -0.39 is 28.9 Å². The lowest BCUT2D eigenvalue weighted by Crippen LogP contribution is -2.37. The maximum Gasteiger partial charge on any atom is 0.416 e. The predicted molar refractivity (Wildman–Crippen MR) is 77.6 cm³/mol. The van der Waals surface area contributed by atoms with Crippen LogP contribution in [0.15, 0.2) is 22.7 Å². The van der Waals surface area contributed by atoms with Crippen LogP contribution in [-0.2, 0) is 15.7 Å². The fraction of sp³-hybridized carbons (Fsp3) is 0.533. The van der Waals surface area contributed by atoms with Crippen molar-refractivity contribution in [3.8, 4) is 5.75 Å². The molecule has 0 radical (unpaired) electrons. The van der Waals surface area contributed by atoms with Gasteiger partial charge in [0.2, 0.25) is 5.60 Å². The summed E-state index contributed by atoms with van der Waals surface area (Å²) in [5.41, 5.74) is -2.69. The van der Waals surface area contributed by atoms with Crippen LogP contribution in [0.2, 0.25) is 0 Å². The lowest BCUT2D eigenvalue weighted by molar-refractivity contribution is -0.165. The predicted octanol–water partition coefficient (Wildman–Crippen LogP) is 4.72. The summed E-state index contributed by atoms with van der Waals surface area (Å²) in [5.74, 6) is -0.567. The third-order valence-electron chi connectivity index (χ3n) is 3.04. The van der Waals surface area contributed by atoms with Crippen LogP contribution in [0.1, 0.15) is 39.2 Å². The van der Waals surface area contributed by atoms with Crippen molar-refractivity contribution < 1.29 is 27.4 Å². The zero-order valence-electron chi connectivity index (χ0n) is 12.4. The van der Waals surface area contributed by atoms with Gasteiger partial charge < -0.3 is 9.47 Å². The van der Waals surface area contributed by atoms with E-state index in [1.54, 1.807) is 20.8 Å². The van der Waals surface area contributed by atoms with Crippen LogP contribution in [0, 0.1) is 0 Å². The fourth-order valence-electron chi connectivity index (χ4n) is 1.80. The summed E-state index contributed by atoms with van der Waals surface area (Å²) in [6, 6.07) is 3.09. The normalized spacial score (nSPS) is 17.0. The third kappa shape index (κ3) is 3.94. The van der Waals surface area contributed by atoms with Gasteiger partial charge in [-0.2, -0.15) is 13.2 Å². The molecule has 0 N–H and O–H groups in total. The van der Waals surface area contributed by atoms with Crippen LogP contribution >= 0.6 is 15.9 Å². The van der Waals surface area contributed by atoms with Crippen LogP contribution in [0.3, 0.4) is 0 Å². The molecule has 0 saturated heterocycles. The standard InChI is InChI=1S/C15H16BrF3O3/c1-13(2,3)22-12(20)14(6-7-14)21-11-8-9(15(17,18)19)4-5-10(11)16/h4-5,8H,6-7H2,1-3H3. The highest BCUT2D eigenvalue weighted by Crippen LogP contribution is 2.45. The molecule has 22 heavy (non-hydrogen) atoms. The average Bonchev–Trinajstić information content (AvgIpc) is 3.09. The van der Waals surface area contributed by atoms with Crippen molar-refractivity contribution in [2.45, 2.75) is 51.0 Å². The van der Waals surface area contributed by atoms with E-state index >= 15 is 0 Å². The molecule has 3 nitrogen and oxygen atoms in total. The fourth-order valence-corrected chi connectivity index (χ4v) is 2.13. The van der Waals surface area contributed by atoms with Gasteiger partial charge in [-0.1, -0.05) is 0 Å². The lowest BCUT2D eigenvalue weighted by Gasteiger charge is -2.25. The summed E-state index contributed by atoms with van der Waals surface area (Å²) in [7, 11) is 0. The molecule has 0 heterocycles. The second-order valence-electron chi connectivity index (χ2n) is 6.24. The molecule has 1 aromatic carbocycles. The van der Waals surface area contributed by atoms with Crippen molar-refractivity contribution in [2.75, 3.05) is 0 Å². The van der Waals surface area contributed by atoms with Gasteiger partial charge in [-0.05, 0) is 54.9 Å². The van der Waals surface area contributed by atoms with Gasteiger partial charge in [0.1, 0.15) is 11.4 Å². The van der Waals surface area contributed by atoms with Gasteiger partial charge in [0.05, 0.1) is 10.0 Å². The summed E-state index contributed by atoms with van der Waals surface area (Å²) < 4.78 is 49.5. The van der Waals surface area contributed by atoms with E-state index in [0.717, 1.165) is 12.1 Å². The quantitative estimate of drug-likeness (QED) is 0.711. The van der Waals surface area contributed by atoms with Crippen molar-refractivity contribution in [1.29, 1.82) is 0 Å². The van der Waals surface area contributed by atoms with E-state index in [0.29, 0.717) is 17.3 Å². The Morgan fingerprint density at radius 3 is 2.27 bits per heavy atom. The SMILES string of the molecule is CC(C)(C)OC(=O)C1(Oc2cc(C(F)(F)F)ccc2Br)CC1. The van der Waals surface area contributed by atoms with Crippen molar-refractivity contribution in [3.63, 3.8) is 0 Å². The number of rotatable bonds is 3. The number of esters is 1. The summed E-state index contributed by atoms with van der Waals surface area (Å²) in [6.45, 7) is 5.17. The molecule has 122 valence electrons. The molecule has 7 heteroatoms. The molecule has 0 aromatic heterocycles. The van der Waals surface area contributed by atoms with Crippen LogP contribution in [-0.4, -0.2) is 17.2 Å². The molecule has 1 saturated carbocycles. The topological polar surface area (TPSA) is 35.5 Å². The average molecular weight is 381 g/mol. The number of hydrogen-bond donors (Lipinski definition) is 0. The summed E-state index contributed by atoms with van der Waals surface area (Å²) >= 11 is 3.14. The van der Waals surface area contributed by atoms with Gasteiger partial charge in [-0.3, -0.25) is 0 Å². The molecule has 0 aliphatic heterocycles. The molecule has 0 spiro atoms. The minimum absolute atomic E-state index is 0.0156. The Kier molecular flexibility index (Phi) is 4.23. The Morgan fingerprint density at radius 2 is 1.82 bits per heavy atom. The van der Waals surface area contributed by atoms with E-state index in [9.17, 15) is 18.0 Å².